The highest BCUT2D eigenvalue weighted by molar-refractivity contribution is 7.99. The van der Waals surface area contributed by atoms with E-state index in [1.54, 1.807) is 19.1 Å². The van der Waals surface area contributed by atoms with Crippen LogP contribution in [0.5, 0.6) is 0 Å². The third-order valence-electron chi connectivity index (χ3n) is 2.75. The van der Waals surface area contributed by atoms with Crippen molar-refractivity contribution in [1.29, 1.82) is 0 Å². The molecule has 0 radical (unpaired) electrons. The van der Waals surface area contributed by atoms with Crippen molar-refractivity contribution in [2.75, 3.05) is 0 Å². The van der Waals surface area contributed by atoms with Gasteiger partial charge in [0.25, 0.3) is 0 Å². The number of carboxylic acids is 1. The summed E-state index contributed by atoms with van der Waals surface area (Å²) in [5.41, 5.74) is 0.0259. The van der Waals surface area contributed by atoms with E-state index in [9.17, 15) is 14.0 Å². The molecule has 1 aromatic carbocycles. The van der Waals surface area contributed by atoms with E-state index in [1.165, 1.54) is 30.1 Å². The fourth-order valence-corrected chi connectivity index (χ4v) is 2.48. The predicted molar refractivity (Wildman–Crippen MR) is 76.3 cm³/mol. The summed E-state index contributed by atoms with van der Waals surface area (Å²) >= 11 is 1.25. The molecule has 21 heavy (non-hydrogen) atoms. The summed E-state index contributed by atoms with van der Waals surface area (Å²) < 4.78 is 13.3. The van der Waals surface area contributed by atoms with Crippen molar-refractivity contribution in [1.82, 2.24) is 4.98 Å². The van der Waals surface area contributed by atoms with Gasteiger partial charge >= 0.3 is 5.97 Å². The van der Waals surface area contributed by atoms with Crippen molar-refractivity contribution in [3.05, 3.63) is 53.6 Å². The maximum absolute atomic E-state index is 13.3. The molecule has 1 N–H and O–H groups in total. The van der Waals surface area contributed by atoms with Crippen LogP contribution in [0.3, 0.4) is 0 Å². The number of benzene rings is 1. The van der Waals surface area contributed by atoms with E-state index in [0.717, 1.165) is 11.0 Å². The van der Waals surface area contributed by atoms with E-state index in [4.69, 9.17) is 5.11 Å². The number of aromatic nitrogens is 1. The lowest BCUT2D eigenvalue weighted by Crippen LogP contribution is -2.00. The van der Waals surface area contributed by atoms with Gasteiger partial charge in [-0.15, -0.1) is 0 Å². The quantitative estimate of drug-likeness (QED) is 0.854. The van der Waals surface area contributed by atoms with E-state index >= 15 is 0 Å². The van der Waals surface area contributed by atoms with E-state index in [1.807, 2.05) is 0 Å². The van der Waals surface area contributed by atoms with Crippen molar-refractivity contribution in [2.24, 2.45) is 0 Å². The molecular formula is C15H12FNO3S. The number of rotatable bonds is 5. The van der Waals surface area contributed by atoms with Crippen LogP contribution in [0.4, 0.5) is 4.39 Å². The summed E-state index contributed by atoms with van der Waals surface area (Å²) in [5.74, 6) is -2.12. The Morgan fingerprint density at radius 3 is 2.52 bits per heavy atom. The second-order valence-electron chi connectivity index (χ2n) is 4.20. The van der Waals surface area contributed by atoms with Crippen molar-refractivity contribution < 1.29 is 19.1 Å². The van der Waals surface area contributed by atoms with Crippen LogP contribution in [-0.4, -0.2) is 21.8 Å². The zero-order chi connectivity index (χ0) is 15.4. The Balaban J connectivity index is 2.20. The van der Waals surface area contributed by atoms with E-state index in [0.29, 0.717) is 17.0 Å². The largest absolute Gasteiger partial charge is 0.478 e. The van der Waals surface area contributed by atoms with Crippen molar-refractivity contribution in [3.8, 4) is 0 Å². The highest BCUT2D eigenvalue weighted by atomic mass is 32.2. The maximum atomic E-state index is 13.3. The first kappa shape index (κ1) is 15.2. The van der Waals surface area contributed by atoms with Gasteiger partial charge in [-0.25, -0.2) is 9.18 Å². The Hall–Kier alpha value is -2.21. The minimum atomic E-state index is -1.31. The standard InChI is InChI=1S/C15H12FNO3S/c1-2-14(18)13-6-4-10(8-17-13)21-9-3-5-12(16)11(7-9)15(19)20/h3-8H,2H2,1H3,(H,19,20). The van der Waals surface area contributed by atoms with Crippen LogP contribution in [0.15, 0.2) is 46.3 Å². The molecular weight excluding hydrogens is 293 g/mol. The molecule has 0 unspecified atom stereocenters. The molecule has 1 aromatic heterocycles. The third kappa shape index (κ3) is 3.66. The number of Topliss-reactive ketones (excluding diaryl/α,β-unsaturated/α-hetero) is 1. The molecule has 0 amide bonds. The first-order chi connectivity index (χ1) is 10.0. The molecule has 2 rings (SSSR count). The average molecular weight is 305 g/mol. The lowest BCUT2D eigenvalue weighted by Gasteiger charge is -2.04. The van der Waals surface area contributed by atoms with Crippen molar-refractivity contribution >= 4 is 23.5 Å². The van der Waals surface area contributed by atoms with Gasteiger partial charge in [0.15, 0.2) is 5.78 Å². The van der Waals surface area contributed by atoms with Crippen LogP contribution in [0, 0.1) is 5.82 Å². The minimum absolute atomic E-state index is 0.0403. The molecule has 0 aliphatic carbocycles. The third-order valence-corrected chi connectivity index (χ3v) is 3.71. The smallest absolute Gasteiger partial charge is 0.338 e. The van der Waals surface area contributed by atoms with Gasteiger partial charge < -0.3 is 5.11 Å². The Bertz CT molecular complexity index is 686. The van der Waals surface area contributed by atoms with Crippen LogP contribution in [-0.2, 0) is 0 Å². The number of aromatic carboxylic acids is 1. The molecule has 0 aliphatic rings. The summed E-state index contributed by atoms with van der Waals surface area (Å²) in [7, 11) is 0. The molecule has 0 aliphatic heterocycles. The average Bonchev–Trinajstić information content (AvgIpc) is 2.49. The molecule has 6 heteroatoms. The van der Waals surface area contributed by atoms with Gasteiger partial charge in [0.05, 0.1) is 5.56 Å². The Morgan fingerprint density at radius 1 is 1.24 bits per heavy atom. The number of carbonyl (C=O) groups excluding carboxylic acids is 1. The number of hydrogen-bond donors (Lipinski definition) is 1. The van der Waals surface area contributed by atoms with Gasteiger partial charge in [-0.2, -0.15) is 0 Å². The van der Waals surface area contributed by atoms with E-state index < -0.39 is 11.8 Å². The molecule has 0 atom stereocenters. The normalized spacial score (nSPS) is 10.4. The summed E-state index contributed by atoms with van der Waals surface area (Å²) in [6.07, 6.45) is 1.93. The maximum Gasteiger partial charge on any atom is 0.338 e. The fourth-order valence-electron chi connectivity index (χ4n) is 1.65. The molecule has 0 spiro atoms. The first-order valence-electron chi connectivity index (χ1n) is 6.21. The highest BCUT2D eigenvalue weighted by Gasteiger charge is 2.11. The first-order valence-corrected chi connectivity index (χ1v) is 7.03. The van der Waals surface area contributed by atoms with Crippen LogP contribution < -0.4 is 0 Å². The second-order valence-corrected chi connectivity index (χ2v) is 5.35. The molecule has 0 fully saturated rings. The van der Waals surface area contributed by atoms with Crippen LogP contribution in [0.2, 0.25) is 0 Å². The molecule has 0 bridgehead atoms. The zero-order valence-corrected chi connectivity index (χ0v) is 12.0. The summed E-state index contributed by atoms with van der Waals surface area (Å²) in [4.78, 5) is 27.7. The number of pyridine rings is 1. The van der Waals surface area contributed by atoms with Crippen LogP contribution in [0.1, 0.15) is 34.2 Å². The lowest BCUT2D eigenvalue weighted by molar-refractivity contribution is 0.0691. The number of halogens is 1. The van der Waals surface area contributed by atoms with Crippen LogP contribution >= 0.6 is 11.8 Å². The fraction of sp³-hybridized carbons (Fsp3) is 0.133. The highest BCUT2D eigenvalue weighted by Crippen LogP contribution is 2.28. The molecule has 108 valence electrons. The molecule has 1 heterocycles. The number of carboxylic acid groups (broad SMARTS) is 1. The predicted octanol–water partition coefficient (Wildman–Crippen LogP) is 3.66. The minimum Gasteiger partial charge on any atom is -0.478 e. The van der Waals surface area contributed by atoms with Gasteiger partial charge in [0.1, 0.15) is 11.5 Å². The van der Waals surface area contributed by atoms with Gasteiger partial charge in [0.2, 0.25) is 0 Å². The lowest BCUT2D eigenvalue weighted by atomic mass is 10.2. The Morgan fingerprint density at radius 2 is 1.95 bits per heavy atom. The van der Waals surface area contributed by atoms with E-state index in [-0.39, 0.29) is 11.3 Å². The SMILES string of the molecule is CCC(=O)c1ccc(Sc2ccc(F)c(C(=O)O)c2)cn1. The number of nitrogens with zero attached hydrogens (tertiary/aromatic N) is 1. The van der Waals surface area contributed by atoms with Crippen LogP contribution in [0.25, 0.3) is 0 Å². The van der Waals surface area contributed by atoms with Crippen molar-refractivity contribution in [2.45, 2.75) is 23.1 Å². The number of ketones is 1. The van der Waals surface area contributed by atoms with Gasteiger partial charge in [-0.3, -0.25) is 9.78 Å². The molecule has 2 aromatic rings. The molecule has 0 saturated carbocycles. The number of carbonyl (C=O) groups is 2. The summed E-state index contributed by atoms with van der Waals surface area (Å²) in [6, 6.07) is 7.24. The topological polar surface area (TPSA) is 67.3 Å². The Kier molecular flexibility index (Phi) is 4.70. The van der Waals surface area contributed by atoms with Gasteiger partial charge in [0, 0.05) is 22.4 Å². The summed E-state index contributed by atoms with van der Waals surface area (Å²) in [6.45, 7) is 1.76. The summed E-state index contributed by atoms with van der Waals surface area (Å²) in [5, 5.41) is 8.88. The van der Waals surface area contributed by atoms with Crippen molar-refractivity contribution in [3.63, 3.8) is 0 Å². The molecule has 4 nitrogen and oxygen atoms in total. The van der Waals surface area contributed by atoms with E-state index in [2.05, 4.69) is 4.98 Å². The number of hydrogen-bond acceptors (Lipinski definition) is 4. The Labute approximate surface area is 125 Å². The zero-order valence-electron chi connectivity index (χ0n) is 11.2. The second kappa shape index (κ2) is 6.49. The van der Waals surface area contributed by atoms with Gasteiger partial charge in [-0.1, -0.05) is 18.7 Å². The monoisotopic (exact) mass is 305 g/mol. The van der Waals surface area contributed by atoms with Gasteiger partial charge in [-0.05, 0) is 30.3 Å². The molecule has 0 saturated heterocycles.